The highest BCUT2D eigenvalue weighted by Gasteiger charge is 2.33. The van der Waals surface area contributed by atoms with E-state index in [1.54, 1.807) is 11.1 Å². The lowest BCUT2D eigenvalue weighted by atomic mass is 10.0. The van der Waals surface area contributed by atoms with E-state index in [-0.39, 0.29) is 11.7 Å². The highest BCUT2D eigenvalue weighted by molar-refractivity contribution is 5.90. The molecule has 1 aromatic carbocycles. The summed E-state index contributed by atoms with van der Waals surface area (Å²) in [5.74, 6) is -1.67. The maximum Gasteiger partial charge on any atom is 0.341 e. The number of amides is 3. The number of anilines is 1. The van der Waals surface area contributed by atoms with Crippen molar-refractivity contribution in [3.63, 3.8) is 0 Å². The average molecular weight is 415 g/mol. The molecule has 3 heterocycles. The Morgan fingerprint density at radius 2 is 1.77 bits per heavy atom. The van der Waals surface area contributed by atoms with Gasteiger partial charge in [0.1, 0.15) is 17.3 Å². The molecule has 3 amide bonds. The molecule has 1 fully saturated rings. The molecule has 1 saturated heterocycles. The first-order valence-corrected chi connectivity index (χ1v) is 9.37. The second kappa shape index (κ2) is 8.01. The maximum absolute atomic E-state index is 13.6. The van der Waals surface area contributed by atoms with E-state index in [1.165, 1.54) is 29.4 Å². The van der Waals surface area contributed by atoms with Gasteiger partial charge in [-0.2, -0.15) is 5.10 Å². The largest absolute Gasteiger partial charge is 0.364 e. The van der Waals surface area contributed by atoms with E-state index in [2.05, 4.69) is 15.1 Å². The van der Waals surface area contributed by atoms with Gasteiger partial charge in [0.25, 0.3) is 5.91 Å². The molecule has 1 atom stereocenters. The predicted molar refractivity (Wildman–Crippen MR) is 104 cm³/mol. The third-order valence-corrected chi connectivity index (χ3v) is 5.02. The van der Waals surface area contributed by atoms with Gasteiger partial charge >= 0.3 is 6.03 Å². The number of benzene rings is 1. The molecule has 0 bridgehead atoms. The minimum atomic E-state index is -0.698. The van der Waals surface area contributed by atoms with Gasteiger partial charge in [0, 0.05) is 51.1 Å². The number of hydrogen-bond acceptors (Lipinski definition) is 6. The van der Waals surface area contributed by atoms with E-state index in [1.807, 2.05) is 4.90 Å². The molecule has 2 aromatic rings. The van der Waals surface area contributed by atoms with Crippen LogP contribution in [0.1, 0.15) is 28.5 Å². The van der Waals surface area contributed by atoms with Gasteiger partial charge < -0.3 is 15.5 Å². The van der Waals surface area contributed by atoms with Gasteiger partial charge in [-0.25, -0.2) is 28.6 Å². The molecule has 11 heteroatoms. The Bertz CT molecular complexity index is 988. The Morgan fingerprint density at radius 1 is 1.07 bits per heavy atom. The van der Waals surface area contributed by atoms with Crippen LogP contribution < -0.4 is 10.6 Å². The Hall–Kier alpha value is -3.63. The minimum Gasteiger partial charge on any atom is -0.364 e. The quantitative estimate of drug-likeness (QED) is 0.818. The van der Waals surface area contributed by atoms with Gasteiger partial charge in [0.15, 0.2) is 0 Å². The van der Waals surface area contributed by atoms with Gasteiger partial charge in [-0.1, -0.05) is 0 Å². The molecule has 2 N–H and O–H groups in total. The summed E-state index contributed by atoms with van der Waals surface area (Å²) in [6.07, 6.45) is 3.40. The summed E-state index contributed by atoms with van der Waals surface area (Å²) < 4.78 is 27.2. The third kappa shape index (κ3) is 3.91. The number of piperazine rings is 1. The summed E-state index contributed by atoms with van der Waals surface area (Å²) in [5.41, 5.74) is 5.73. The fourth-order valence-corrected chi connectivity index (χ4v) is 3.52. The third-order valence-electron chi connectivity index (χ3n) is 5.02. The lowest BCUT2D eigenvalue weighted by molar-refractivity contribution is 0.0995. The molecule has 2 aliphatic rings. The standard InChI is InChI=1S/C19H19F2N7O2/c20-13-9-12(10-14(21)11-13)16-2-4-24-28(16)19(30)27-7-5-26(6-8-27)18-23-3-1-15(25-18)17(22)29/h1,3-4,9-11,16H,2,5-8H2,(H2,22,29)/t16-/m0/s1. The fourth-order valence-electron chi connectivity index (χ4n) is 3.52. The average Bonchev–Trinajstić information content (AvgIpc) is 3.23. The van der Waals surface area contributed by atoms with Crippen molar-refractivity contribution in [3.05, 3.63) is 53.4 Å². The number of hydrazone groups is 1. The van der Waals surface area contributed by atoms with Crippen LogP contribution in [0.4, 0.5) is 19.5 Å². The molecule has 0 saturated carbocycles. The van der Waals surface area contributed by atoms with Gasteiger partial charge in [-0.15, -0.1) is 0 Å². The first-order chi connectivity index (χ1) is 14.4. The van der Waals surface area contributed by atoms with Crippen LogP contribution in [0, 0.1) is 11.6 Å². The van der Waals surface area contributed by atoms with Crippen LogP contribution in [0.5, 0.6) is 0 Å². The number of primary amides is 1. The Morgan fingerprint density at radius 3 is 2.43 bits per heavy atom. The smallest absolute Gasteiger partial charge is 0.341 e. The summed E-state index contributed by atoms with van der Waals surface area (Å²) in [4.78, 5) is 36.1. The van der Waals surface area contributed by atoms with Crippen molar-refractivity contribution in [2.24, 2.45) is 10.8 Å². The number of aromatic nitrogens is 2. The van der Waals surface area contributed by atoms with Crippen LogP contribution in [-0.2, 0) is 0 Å². The highest BCUT2D eigenvalue weighted by Crippen LogP contribution is 2.30. The van der Waals surface area contributed by atoms with Crippen molar-refractivity contribution in [2.75, 3.05) is 31.1 Å². The number of carbonyl (C=O) groups excluding carboxylic acids is 2. The van der Waals surface area contributed by atoms with Gasteiger partial charge in [-0.05, 0) is 23.8 Å². The summed E-state index contributed by atoms with van der Waals surface area (Å²) in [7, 11) is 0. The van der Waals surface area contributed by atoms with Crippen LogP contribution in [-0.4, -0.2) is 64.2 Å². The first-order valence-electron chi connectivity index (χ1n) is 9.37. The van der Waals surface area contributed by atoms with Gasteiger partial charge in [-0.3, -0.25) is 4.79 Å². The molecule has 9 nitrogen and oxygen atoms in total. The van der Waals surface area contributed by atoms with Crippen LogP contribution in [0.15, 0.2) is 35.6 Å². The van der Waals surface area contributed by atoms with Crippen LogP contribution in [0.2, 0.25) is 0 Å². The lowest BCUT2D eigenvalue weighted by Crippen LogP contribution is -2.52. The first kappa shape index (κ1) is 19.7. The fraction of sp³-hybridized carbons (Fsp3) is 0.316. The molecule has 2 aliphatic heterocycles. The molecule has 0 radical (unpaired) electrons. The monoisotopic (exact) mass is 415 g/mol. The Labute approximate surface area is 170 Å². The highest BCUT2D eigenvalue weighted by atomic mass is 19.1. The summed E-state index contributed by atoms with van der Waals surface area (Å²) in [5, 5.41) is 5.38. The Balaban J connectivity index is 1.43. The van der Waals surface area contributed by atoms with E-state index in [0.717, 1.165) is 6.07 Å². The van der Waals surface area contributed by atoms with E-state index in [0.29, 0.717) is 44.1 Å². The van der Waals surface area contributed by atoms with Crippen molar-refractivity contribution >= 4 is 24.1 Å². The molecule has 30 heavy (non-hydrogen) atoms. The molecule has 156 valence electrons. The van der Waals surface area contributed by atoms with Crippen LogP contribution >= 0.6 is 0 Å². The molecular weight excluding hydrogens is 396 g/mol. The Kier molecular flexibility index (Phi) is 5.25. The van der Waals surface area contributed by atoms with Crippen LogP contribution in [0.25, 0.3) is 0 Å². The van der Waals surface area contributed by atoms with Crippen molar-refractivity contribution in [2.45, 2.75) is 12.5 Å². The number of rotatable bonds is 3. The second-order valence-corrected chi connectivity index (χ2v) is 6.96. The molecule has 4 rings (SSSR count). The van der Waals surface area contributed by atoms with Crippen LogP contribution in [0.3, 0.4) is 0 Å². The molecule has 1 aromatic heterocycles. The van der Waals surface area contributed by atoms with E-state index < -0.39 is 23.6 Å². The normalized spacial score (nSPS) is 18.7. The number of nitrogens with two attached hydrogens (primary N) is 1. The SMILES string of the molecule is NC(=O)c1ccnc(N2CCN(C(=O)N3N=CC[C@H]3c3cc(F)cc(F)c3)CC2)n1. The van der Waals surface area contributed by atoms with Crippen molar-refractivity contribution in [1.29, 1.82) is 0 Å². The summed E-state index contributed by atoms with van der Waals surface area (Å²) in [6.45, 7) is 1.65. The zero-order chi connectivity index (χ0) is 21.3. The predicted octanol–water partition coefficient (Wildman–Crippen LogP) is 1.53. The van der Waals surface area contributed by atoms with Crippen molar-refractivity contribution in [3.8, 4) is 0 Å². The van der Waals surface area contributed by atoms with E-state index in [4.69, 9.17) is 5.73 Å². The molecule has 0 spiro atoms. The zero-order valence-electron chi connectivity index (χ0n) is 15.9. The van der Waals surface area contributed by atoms with Gasteiger partial charge in [0.2, 0.25) is 5.95 Å². The molecule has 0 unspecified atom stereocenters. The van der Waals surface area contributed by atoms with E-state index in [9.17, 15) is 18.4 Å². The number of hydrogen-bond donors (Lipinski definition) is 1. The maximum atomic E-state index is 13.6. The number of nitrogens with zero attached hydrogens (tertiary/aromatic N) is 6. The topological polar surface area (TPSA) is 108 Å². The van der Waals surface area contributed by atoms with Crippen molar-refractivity contribution < 1.29 is 18.4 Å². The number of halogens is 2. The summed E-state index contributed by atoms with van der Waals surface area (Å²) in [6, 6.07) is 3.75. The molecular formula is C19H19F2N7O2. The van der Waals surface area contributed by atoms with Crippen molar-refractivity contribution in [1.82, 2.24) is 19.9 Å². The summed E-state index contributed by atoms with van der Waals surface area (Å²) >= 11 is 0. The van der Waals surface area contributed by atoms with Gasteiger partial charge in [0.05, 0.1) is 6.04 Å². The molecule has 0 aliphatic carbocycles. The minimum absolute atomic E-state index is 0.120. The second-order valence-electron chi connectivity index (χ2n) is 6.96. The van der Waals surface area contributed by atoms with E-state index >= 15 is 0 Å². The lowest BCUT2D eigenvalue weighted by Gasteiger charge is -2.37. The number of carbonyl (C=O) groups is 2. The number of urea groups is 1. The zero-order valence-corrected chi connectivity index (χ0v) is 15.9.